The van der Waals surface area contributed by atoms with Gasteiger partial charge in [0.25, 0.3) is 5.92 Å². The van der Waals surface area contributed by atoms with Crippen molar-refractivity contribution >= 4 is 15.9 Å². The lowest BCUT2D eigenvalue weighted by molar-refractivity contribution is -0.0716. The van der Waals surface area contributed by atoms with Gasteiger partial charge in [0, 0.05) is 5.56 Å². The third-order valence-corrected chi connectivity index (χ3v) is 2.66. The summed E-state index contributed by atoms with van der Waals surface area (Å²) in [5.41, 5.74) is 5.15. The first-order valence-electron chi connectivity index (χ1n) is 4.12. The van der Waals surface area contributed by atoms with E-state index in [1.54, 1.807) is 0 Å². The Morgan fingerprint density at radius 3 is 2.60 bits per heavy atom. The highest BCUT2D eigenvalue weighted by Gasteiger charge is 2.38. The van der Waals surface area contributed by atoms with Crippen LogP contribution in [-0.2, 0) is 0 Å². The van der Waals surface area contributed by atoms with E-state index in [1.807, 2.05) is 0 Å². The maximum Gasteiger partial charge on any atom is 0.289 e. The van der Waals surface area contributed by atoms with Gasteiger partial charge in [-0.2, -0.15) is 0 Å². The normalized spacial score (nSPS) is 13.9. The molecule has 15 heavy (non-hydrogen) atoms. The summed E-state index contributed by atoms with van der Waals surface area (Å²) in [6.45, 7) is -1.36. The van der Waals surface area contributed by atoms with Crippen LogP contribution in [0.15, 0.2) is 22.7 Å². The number of aliphatic hydroxyl groups excluding tert-OH is 1. The quantitative estimate of drug-likeness (QED) is 0.791. The molecule has 0 unspecified atom stereocenters. The highest BCUT2D eigenvalue weighted by Crippen LogP contribution is 2.37. The van der Waals surface area contributed by atoms with Crippen LogP contribution < -0.4 is 5.73 Å². The highest BCUT2D eigenvalue weighted by molar-refractivity contribution is 9.10. The van der Waals surface area contributed by atoms with Gasteiger partial charge in [-0.3, -0.25) is 0 Å². The molecule has 1 aromatic rings. The first-order chi connectivity index (χ1) is 6.90. The number of aromatic hydroxyl groups is 1. The monoisotopic (exact) mass is 281 g/mol. The SMILES string of the molecule is N[C@H](c1cccc(Br)c1O)C(F)(F)CO. The predicted molar refractivity (Wildman–Crippen MR) is 54.8 cm³/mol. The van der Waals surface area contributed by atoms with E-state index in [0.29, 0.717) is 0 Å². The van der Waals surface area contributed by atoms with E-state index < -0.39 is 18.6 Å². The Labute approximate surface area is 93.7 Å². The van der Waals surface area contributed by atoms with Gasteiger partial charge < -0.3 is 15.9 Å². The number of aliphatic hydroxyl groups is 1. The van der Waals surface area contributed by atoms with Crippen LogP contribution in [0, 0.1) is 0 Å². The standard InChI is InChI=1S/C9H10BrF2NO2/c10-6-3-1-2-5(7(6)15)8(13)9(11,12)4-14/h1-3,8,14-15H,4,13H2/t8-/m1/s1. The van der Waals surface area contributed by atoms with Gasteiger partial charge in [-0.05, 0) is 22.0 Å². The summed E-state index contributed by atoms with van der Waals surface area (Å²) < 4.78 is 26.4. The van der Waals surface area contributed by atoms with Crippen molar-refractivity contribution in [2.24, 2.45) is 5.73 Å². The third-order valence-electron chi connectivity index (χ3n) is 2.02. The van der Waals surface area contributed by atoms with E-state index in [1.165, 1.54) is 18.2 Å². The van der Waals surface area contributed by atoms with Crippen molar-refractivity contribution in [1.29, 1.82) is 0 Å². The minimum Gasteiger partial charge on any atom is -0.506 e. The molecular formula is C9H10BrF2NO2. The molecule has 0 spiro atoms. The van der Waals surface area contributed by atoms with E-state index in [0.717, 1.165) is 0 Å². The number of hydrogen-bond donors (Lipinski definition) is 3. The summed E-state index contributed by atoms with van der Waals surface area (Å²) in [5.74, 6) is -3.80. The van der Waals surface area contributed by atoms with Crippen molar-refractivity contribution in [2.45, 2.75) is 12.0 Å². The lowest BCUT2D eigenvalue weighted by Gasteiger charge is -2.22. The molecule has 6 heteroatoms. The van der Waals surface area contributed by atoms with Crippen molar-refractivity contribution < 1.29 is 19.0 Å². The largest absolute Gasteiger partial charge is 0.506 e. The number of phenols is 1. The molecule has 0 heterocycles. The van der Waals surface area contributed by atoms with E-state index in [-0.39, 0.29) is 15.8 Å². The van der Waals surface area contributed by atoms with Gasteiger partial charge >= 0.3 is 0 Å². The molecule has 0 aliphatic heterocycles. The number of benzene rings is 1. The number of rotatable bonds is 3. The second-order valence-electron chi connectivity index (χ2n) is 3.07. The molecule has 0 aliphatic carbocycles. The van der Waals surface area contributed by atoms with E-state index in [4.69, 9.17) is 10.8 Å². The molecule has 0 aliphatic rings. The second-order valence-corrected chi connectivity index (χ2v) is 3.93. The fraction of sp³-hybridized carbons (Fsp3) is 0.333. The Bertz CT molecular complexity index is 360. The topological polar surface area (TPSA) is 66.5 Å². The summed E-state index contributed by atoms with van der Waals surface area (Å²) in [7, 11) is 0. The summed E-state index contributed by atoms with van der Waals surface area (Å²) in [6.07, 6.45) is 0. The molecule has 0 saturated heterocycles. The lowest BCUT2D eigenvalue weighted by Crippen LogP contribution is -2.36. The Morgan fingerprint density at radius 1 is 1.47 bits per heavy atom. The zero-order valence-electron chi connectivity index (χ0n) is 7.62. The fourth-order valence-corrected chi connectivity index (χ4v) is 1.49. The molecule has 0 aromatic heterocycles. The van der Waals surface area contributed by atoms with Crippen molar-refractivity contribution in [3.05, 3.63) is 28.2 Å². The Balaban J connectivity index is 3.12. The minimum absolute atomic E-state index is 0.108. The molecule has 0 bridgehead atoms. The molecule has 84 valence electrons. The van der Waals surface area contributed by atoms with Crippen LogP contribution in [0.2, 0.25) is 0 Å². The van der Waals surface area contributed by atoms with Gasteiger partial charge in [-0.25, -0.2) is 8.78 Å². The number of para-hydroxylation sites is 1. The van der Waals surface area contributed by atoms with Crippen LogP contribution in [0.1, 0.15) is 11.6 Å². The predicted octanol–water partition coefficient (Wildman–Crippen LogP) is 1.78. The number of phenolic OH excluding ortho intramolecular Hbond substituents is 1. The zero-order chi connectivity index (χ0) is 11.6. The van der Waals surface area contributed by atoms with Crippen molar-refractivity contribution in [2.75, 3.05) is 6.61 Å². The van der Waals surface area contributed by atoms with Crippen molar-refractivity contribution in [1.82, 2.24) is 0 Å². The molecule has 1 rings (SSSR count). The van der Waals surface area contributed by atoms with Crippen LogP contribution >= 0.6 is 15.9 Å². The molecule has 1 atom stereocenters. The first-order valence-corrected chi connectivity index (χ1v) is 4.91. The Kier molecular flexibility index (Phi) is 3.64. The summed E-state index contributed by atoms with van der Waals surface area (Å²) >= 11 is 2.99. The minimum atomic E-state index is -3.46. The number of halogens is 3. The van der Waals surface area contributed by atoms with Gasteiger partial charge in [0.15, 0.2) is 0 Å². The fourth-order valence-electron chi connectivity index (χ4n) is 1.11. The van der Waals surface area contributed by atoms with Crippen LogP contribution in [0.5, 0.6) is 5.75 Å². The summed E-state index contributed by atoms with van der Waals surface area (Å²) in [4.78, 5) is 0. The number of nitrogens with two attached hydrogens (primary N) is 1. The molecule has 4 N–H and O–H groups in total. The second kappa shape index (κ2) is 4.42. The van der Waals surface area contributed by atoms with E-state index in [9.17, 15) is 13.9 Å². The molecule has 1 aromatic carbocycles. The highest BCUT2D eigenvalue weighted by atomic mass is 79.9. The average molecular weight is 282 g/mol. The Morgan fingerprint density at radius 2 is 2.07 bits per heavy atom. The number of alkyl halides is 2. The first kappa shape index (κ1) is 12.4. The summed E-state index contributed by atoms with van der Waals surface area (Å²) in [6, 6.07) is 2.53. The van der Waals surface area contributed by atoms with Crippen LogP contribution in [0.4, 0.5) is 8.78 Å². The smallest absolute Gasteiger partial charge is 0.289 e. The molecule has 0 fully saturated rings. The molecular weight excluding hydrogens is 272 g/mol. The van der Waals surface area contributed by atoms with Gasteiger partial charge in [0.05, 0.1) is 4.47 Å². The van der Waals surface area contributed by atoms with Gasteiger partial charge in [0.2, 0.25) is 0 Å². The van der Waals surface area contributed by atoms with Crippen LogP contribution in [0.25, 0.3) is 0 Å². The van der Waals surface area contributed by atoms with E-state index >= 15 is 0 Å². The van der Waals surface area contributed by atoms with Gasteiger partial charge in [0.1, 0.15) is 18.4 Å². The van der Waals surface area contributed by atoms with Crippen LogP contribution in [-0.4, -0.2) is 22.7 Å². The lowest BCUT2D eigenvalue weighted by atomic mass is 10.0. The van der Waals surface area contributed by atoms with Crippen LogP contribution in [0.3, 0.4) is 0 Å². The third kappa shape index (κ3) is 2.45. The summed E-state index contributed by atoms with van der Waals surface area (Å²) in [5, 5.41) is 17.9. The Hall–Kier alpha value is -0.720. The van der Waals surface area contributed by atoms with Gasteiger partial charge in [-0.15, -0.1) is 0 Å². The molecule has 0 saturated carbocycles. The molecule has 0 amide bonds. The maximum absolute atomic E-state index is 13.0. The zero-order valence-corrected chi connectivity index (χ0v) is 9.21. The molecule has 0 radical (unpaired) electrons. The molecule has 3 nitrogen and oxygen atoms in total. The number of hydrogen-bond acceptors (Lipinski definition) is 3. The van der Waals surface area contributed by atoms with E-state index in [2.05, 4.69) is 15.9 Å². The van der Waals surface area contributed by atoms with Crippen molar-refractivity contribution in [3.63, 3.8) is 0 Å². The van der Waals surface area contributed by atoms with Gasteiger partial charge in [-0.1, -0.05) is 12.1 Å². The average Bonchev–Trinajstić information content (AvgIpc) is 2.21. The van der Waals surface area contributed by atoms with Crippen molar-refractivity contribution in [3.8, 4) is 5.75 Å². The maximum atomic E-state index is 13.0.